The number of hydrogen-bond donors (Lipinski definition) is 2. The summed E-state index contributed by atoms with van der Waals surface area (Å²) in [7, 11) is 0. The van der Waals surface area contributed by atoms with Gasteiger partial charge in [0.25, 0.3) is 0 Å². The molecule has 1 aromatic rings. The number of aromatic nitrogens is 1. The van der Waals surface area contributed by atoms with Crippen molar-refractivity contribution in [1.82, 2.24) is 15.6 Å². The lowest BCUT2D eigenvalue weighted by Crippen LogP contribution is -2.42. The summed E-state index contributed by atoms with van der Waals surface area (Å²) in [6.07, 6.45) is 7.35. The van der Waals surface area contributed by atoms with Crippen LogP contribution in [-0.4, -0.2) is 30.1 Å². The lowest BCUT2D eigenvalue weighted by molar-refractivity contribution is 0.613. The molecule has 2 N–H and O–H groups in total. The SMILES string of the molecule is CCNC(=NCCCc1nc(C)cs1)NC1CCCC1.I. The van der Waals surface area contributed by atoms with Gasteiger partial charge in [0.15, 0.2) is 5.96 Å². The van der Waals surface area contributed by atoms with E-state index in [0.717, 1.165) is 37.6 Å². The molecule has 6 heteroatoms. The Morgan fingerprint density at radius 1 is 1.43 bits per heavy atom. The van der Waals surface area contributed by atoms with E-state index in [2.05, 4.69) is 32.9 Å². The Kier molecular flexibility index (Phi) is 9.23. The predicted octanol–water partition coefficient (Wildman–Crippen LogP) is 3.50. The highest BCUT2D eigenvalue weighted by Crippen LogP contribution is 2.17. The van der Waals surface area contributed by atoms with Crippen LogP contribution in [0.15, 0.2) is 10.4 Å². The standard InChI is InChI=1S/C15H26N4S.HI/c1-3-16-15(19-13-7-4-5-8-13)17-10-6-9-14-18-12(2)11-20-14;/h11,13H,3-10H2,1-2H3,(H2,16,17,19);1H. The van der Waals surface area contributed by atoms with Crippen molar-refractivity contribution in [3.63, 3.8) is 0 Å². The fourth-order valence-corrected chi connectivity index (χ4v) is 3.34. The average molecular weight is 422 g/mol. The molecule has 1 heterocycles. The maximum Gasteiger partial charge on any atom is 0.191 e. The van der Waals surface area contributed by atoms with Crippen molar-refractivity contribution in [1.29, 1.82) is 0 Å². The Labute approximate surface area is 149 Å². The predicted molar refractivity (Wildman–Crippen MR) is 102 cm³/mol. The Morgan fingerprint density at radius 3 is 2.81 bits per heavy atom. The lowest BCUT2D eigenvalue weighted by Gasteiger charge is -2.16. The van der Waals surface area contributed by atoms with Crippen LogP contribution in [0.3, 0.4) is 0 Å². The molecule has 0 saturated heterocycles. The number of nitrogens with one attached hydrogen (secondary N) is 2. The Bertz CT molecular complexity index is 427. The lowest BCUT2D eigenvalue weighted by atomic mass is 10.2. The molecule has 1 aromatic heterocycles. The smallest absolute Gasteiger partial charge is 0.191 e. The Hall–Kier alpha value is -0.370. The number of thiazole rings is 1. The summed E-state index contributed by atoms with van der Waals surface area (Å²) in [5, 5.41) is 10.2. The third kappa shape index (κ3) is 6.95. The van der Waals surface area contributed by atoms with Gasteiger partial charge in [-0.05, 0) is 33.1 Å². The van der Waals surface area contributed by atoms with Gasteiger partial charge < -0.3 is 10.6 Å². The summed E-state index contributed by atoms with van der Waals surface area (Å²) in [6.45, 7) is 5.95. The highest BCUT2D eigenvalue weighted by molar-refractivity contribution is 14.0. The van der Waals surface area contributed by atoms with Gasteiger partial charge in [0.05, 0.1) is 5.01 Å². The highest BCUT2D eigenvalue weighted by atomic mass is 127. The first-order valence-electron chi connectivity index (χ1n) is 7.73. The van der Waals surface area contributed by atoms with Crippen LogP contribution >= 0.6 is 35.3 Å². The molecule has 4 nitrogen and oxygen atoms in total. The van der Waals surface area contributed by atoms with E-state index < -0.39 is 0 Å². The molecular weight excluding hydrogens is 395 g/mol. The molecule has 0 atom stereocenters. The number of halogens is 1. The topological polar surface area (TPSA) is 49.3 Å². The van der Waals surface area contributed by atoms with Gasteiger partial charge in [0.1, 0.15) is 0 Å². The quantitative estimate of drug-likeness (QED) is 0.319. The number of aryl methyl sites for hydroxylation is 2. The Balaban J connectivity index is 0.00000220. The van der Waals surface area contributed by atoms with Gasteiger partial charge in [0, 0.05) is 36.6 Å². The summed E-state index contributed by atoms with van der Waals surface area (Å²) in [6, 6.07) is 0.620. The van der Waals surface area contributed by atoms with E-state index in [1.165, 1.54) is 30.7 Å². The first-order chi connectivity index (χ1) is 9.78. The van der Waals surface area contributed by atoms with E-state index in [9.17, 15) is 0 Å². The van der Waals surface area contributed by atoms with Crippen molar-refractivity contribution in [2.75, 3.05) is 13.1 Å². The summed E-state index contributed by atoms with van der Waals surface area (Å²) < 4.78 is 0. The van der Waals surface area contributed by atoms with Crippen LogP contribution < -0.4 is 10.6 Å². The second-order valence-corrected chi connectivity index (χ2v) is 6.32. The molecule has 0 aromatic carbocycles. The molecule has 1 aliphatic rings. The fraction of sp³-hybridized carbons (Fsp3) is 0.733. The molecule has 1 saturated carbocycles. The Morgan fingerprint density at radius 2 is 2.19 bits per heavy atom. The fourth-order valence-electron chi connectivity index (χ4n) is 2.52. The normalized spacial score (nSPS) is 15.8. The molecule has 1 fully saturated rings. The second-order valence-electron chi connectivity index (χ2n) is 5.37. The van der Waals surface area contributed by atoms with Crippen LogP contribution in [-0.2, 0) is 6.42 Å². The monoisotopic (exact) mass is 422 g/mol. The number of hydrogen-bond acceptors (Lipinski definition) is 3. The van der Waals surface area contributed by atoms with E-state index in [0.29, 0.717) is 6.04 Å². The second kappa shape index (κ2) is 10.4. The molecule has 0 unspecified atom stereocenters. The molecule has 120 valence electrons. The van der Waals surface area contributed by atoms with Crippen LogP contribution in [0.2, 0.25) is 0 Å². The molecular formula is C15H27IN4S. The first-order valence-corrected chi connectivity index (χ1v) is 8.61. The van der Waals surface area contributed by atoms with Gasteiger partial charge in [-0.15, -0.1) is 35.3 Å². The first kappa shape index (κ1) is 18.7. The van der Waals surface area contributed by atoms with E-state index in [1.54, 1.807) is 11.3 Å². The third-order valence-electron chi connectivity index (χ3n) is 3.53. The number of rotatable bonds is 6. The average Bonchev–Trinajstić information content (AvgIpc) is 3.06. The van der Waals surface area contributed by atoms with Crippen LogP contribution in [0.1, 0.15) is 49.7 Å². The van der Waals surface area contributed by atoms with Crippen LogP contribution in [0.4, 0.5) is 0 Å². The van der Waals surface area contributed by atoms with E-state index in [1.807, 2.05) is 6.92 Å². The largest absolute Gasteiger partial charge is 0.357 e. The van der Waals surface area contributed by atoms with Crippen molar-refractivity contribution in [2.24, 2.45) is 4.99 Å². The van der Waals surface area contributed by atoms with Crippen molar-refractivity contribution in [3.8, 4) is 0 Å². The van der Waals surface area contributed by atoms with Crippen LogP contribution in [0.25, 0.3) is 0 Å². The summed E-state index contributed by atoms with van der Waals surface area (Å²) >= 11 is 1.75. The minimum Gasteiger partial charge on any atom is -0.357 e. The molecule has 1 aliphatic carbocycles. The van der Waals surface area contributed by atoms with Crippen molar-refractivity contribution < 1.29 is 0 Å². The molecule has 21 heavy (non-hydrogen) atoms. The van der Waals surface area contributed by atoms with Gasteiger partial charge in [-0.3, -0.25) is 4.99 Å². The van der Waals surface area contributed by atoms with Gasteiger partial charge in [-0.25, -0.2) is 4.98 Å². The number of nitrogens with zero attached hydrogens (tertiary/aromatic N) is 2. The maximum atomic E-state index is 4.67. The molecule has 0 spiro atoms. The summed E-state index contributed by atoms with van der Waals surface area (Å²) in [5.41, 5.74) is 1.13. The van der Waals surface area contributed by atoms with Gasteiger partial charge in [-0.2, -0.15) is 0 Å². The number of aliphatic imine (C=N–C) groups is 1. The molecule has 2 rings (SSSR count). The molecule has 0 amide bonds. The van der Waals surface area contributed by atoms with Gasteiger partial charge in [-0.1, -0.05) is 12.8 Å². The van der Waals surface area contributed by atoms with E-state index in [-0.39, 0.29) is 24.0 Å². The highest BCUT2D eigenvalue weighted by Gasteiger charge is 2.15. The minimum atomic E-state index is 0. The van der Waals surface area contributed by atoms with Crippen LogP contribution in [0, 0.1) is 6.92 Å². The molecule has 0 aliphatic heterocycles. The van der Waals surface area contributed by atoms with E-state index in [4.69, 9.17) is 0 Å². The minimum absolute atomic E-state index is 0. The zero-order chi connectivity index (χ0) is 14.2. The third-order valence-corrected chi connectivity index (χ3v) is 4.55. The van der Waals surface area contributed by atoms with Gasteiger partial charge in [0.2, 0.25) is 0 Å². The maximum absolute atomic E-state index is 4.67. The van der Waals surface area contributed by atoms with Crippen molar-refractivity contribution >= 4 is 41.3 Å². The van der Waals surface area contributed by atoms with E-state index >= 15 is 0 Å². The zero-order valence-corrected chi connectivity index (χ0v) is 16.2. The zero-order valence-electron chi connectivity index (χ0n) is 13.0. The van der Waals surface area contributed by atoms with Crippen molar-refractivity contribution in [3.05, 3.63) is 16.1 Å². The number of guanidine groups is 1. The summed E-state index contributed by atoms with van der Waals surface area (Å²) in [4.78, 5) is 9.16. The molecule has 0 radical (unpaired) electrons. The molecule has 0 bridgehead atoms. The van der Waals surface area contributed by atoms with Crippen molar-refractivity contribution in [2.45, 2.75) is 58.4 Å². The summed E-state index contributed by atoms with van der Waals surface area (Å²) in [5.74, 6) is 0.981. The van der Waals surface area contributed by atoms with Crippen LogP contribution in [0.5, 0.6) is 0 Å². The van der Waals surface area contributed by atoms with Gasteiger partial charge >= 0.3 is 0 Å².